The third kappa shape index (κ3) is 2.01. The van der Waals surface area contributed by atoms with Crippen LogP contribution in [0.25, 0.3) is 0 Å². The van der Waals surface area contributed by atoms with Crippen LogP contribution in [-0.2, 0) is 9.84 Å². The Balaban J connectivity index is 2.34. The fraction of sp³-hybridized carbons (Fsp3) is 0.538. The van der Waals surface area contributed by atoms with Gasteiger partial charge in [-0.3, -0.25) is 0 Å². The van der Waals surface area contributed by atoms with Crippen LogP contribution in [0.15, 0.2) is 29.2 Å². The summed E-state index contributed by atoms with van der Waals surface area (Å²) in [7, 11) is 0.0936. The normalized spacial score (nSPS) is 18.1. The first-order valence-electron chi connectivity index (χ1n) is 6.09. The first-order chi connectivity index (χ1) is 8.55. The van der Waals surface area contributed by atoms with Crippen molar-refractivity contribution in [2.45, 2.75) is 28.9 Å². The molecule has 0 heterocycles. The quantitative estimate of drug-likeness (QED) is 0.882. The molecule has 1 fully saturated rings. The molecule has 0 radical (unpaired) electrons. The molecule has 0 spiro atoms. The van der Waals surface area contributed by atoms with Crippen LogP contribution in [0, 0.1) is 0 Å². The lowest BCUT2D eigenvalue weighted by atomic mass is 9.84. The first kappa shape index (κ1) is 13.4. The SMILES string of the molecule is CNCC1(S(=O)(=O)c2ccc(OC)cc2)CCC1. The van der Waals surface area contributed by atoms with E-state index in [4.69, 9.17) is 4.74 Å². The molecule has 100 valence electrons. The van der Waals surface area contributed by atoms with Gasteiger partial charge in [-0.15, -0.1) is 0 Å². The van der Waals surface area contributed by atoms with E-state index in [9.17, 15) is 8.42 Å². The van der Waals surface area contributed by atoms with Gasteiger partial charge in [-0.1, -0.05) is 6.42 Å². The fourth-order valence-electron chi connectivity index (χ4n) is 2.44. The zero-order chi connectivity index (χ0) is 13.2. The van der Waals surface area contributed by atoms with Crippen LogP contribution in [0.5, 0.6) is 5.75 Å². The minimum atomic E-state index is -3.27. The van der Waals surface area contributed by atoms with E-state index in [-0.39, 0.29) is 0 Å². The van der Waals surface area contributed by atoms with E-state index in [1.807, 2.05) is 0 Å². The maximum absolute atomic E-state index is 12.6. The molecule has 1 aromatic rings. The van der Waals surface area contributed by atoms with Crippen LogP contribution in [0.1, 0.15) is 19.3 Å². The standard InChI is InChI=1S/C13H19NO3S/c1-14-10-13(8-3-9-13)18(15,16)12-6-4-11(17-2)5-7-12/h4-7,14H,3,8-10H2,1-2H3. The lowest BCUT2D eigenvalue weighted by molar-refractivity contribution is 0.328. The molecule has 18 heavy (non-hydrogen) atoms. The predicted molar refractivity (Wildman–Crippen MR) is 70.7 cm³/mol. The van der Waals surface area contributed by atoms with Crippen molar-refractivity contribution in [3.63, 3.8) is 0 Å². The Morgan fingerprint density at radius 2 is 1.89 bits per heavy atom. The van der Waals surface area contributed by atoms with Gasteiger partial charge < -0.3 is 10.1 Å². The Bertz CT molecular complexity index is 504. The van der Waals surface area contributed by atoms with Gasteiger partial charge in [0.15, 0.2) is 9.84 Å². The number of nitrogens with one attached hydrogen (secondary N) is 1. The van der Waals surface area contributed by atoms with Crippen LogP contribution in [0.2, 0.25) is 0 Å². The summed E-state index contributed by atoms with van der Waals surface area (Å²) in [6, 6.07) is 6.64. The number of hydrogen-bond acceptors (Lipinski definition) is 4. The van der Waals surface area contributed by atoms with E-state index in [0.717, 1.165) is 19.3 Å². The van der Waals surface area contributed by atoms with Crippen LogP contribution in [0.3, 0.4) is 0 Å². The number of methoxy groups -OCH3 is 1. The molecule has 1 aliphatic carbocycles. The van der Waals surface area contributed by atoms with E-state index < -0.39 is 14.6 Å². The monoisotopic (exact) mass is 269 g/mol. The topological polar surface area (TPSA) is 55.4 Å². The minimum absolute atomic E-state index is 0.387. The second-order valence-electron chi connectivity index (χ2n) is 4.75. The van der Waals surface area contributed by atoms with Crippen LogP contribution in [0.4, 0.5) is 0 Å². The highest BCUT2D eigenvalue weighted by molar-refractivity contribution is 7.93. The molecule has 0 saturated heterocycles. The Morgan fingerprint density at radius 3 is 2.28 bits per heavy atom. The van der Waals surface area contributed by atoms with E-state index in [2.05, 4.69) is 5.32 Å². The molecule has 2 rings (SSSR count). The van der Waals surface area contributed by atoms with E-state index in [0.29, 0.717) is 17.2 Å². The Morgan fingerprint density at radius 1 is 1.28 bits per heavy atom. The Labute approximate surface area is 108 Å². The van der Waals surface area contributed by atoms with Crippen LogP contribution >= 0.6 is 0 Å². The van der Waals surface area contributed by atoms with E-state index >= 15 is 0 Å². The van der Waals surface area contributed by atoms with Crippen molar-refractivity contribution in [2.75, 3.05) is 20.7 Å². The first-order valence-corrected chi connectivity index (χ1v) is 7.57. The van der Waals surface area contributed by atoms with Gasteiger partial charge in [0.1, 0.15) is 5.75 Å². The molecule has 1 N–H and O–H groups in total. The summed E-state index contributed by atoms with van der Waals surface area (Å²) in [5.41, 5.74) is 0. The largest absolute Gasteiger partial charge is 0.497 e. The molecule has 5 heteroatoms. The van der Waals surface area contributed by atoms with Crippen molar-refractivity contribution in [3.05, 3.63) is 24.3 Å². The van der Waals surface area contributed by atoms with Crippen molar-refractivity contribution in [3.8, 4) is 5.75 Å². The second-order valence-corrected chi connectivity index (χ2v) is 7.09. The summed E-state index contributed by atoms with van der Waals surface area (Å²) in [6.45, 7) is 0.515. The number of ether oxygens (including phenoxy) is 1. The molecule has 0 bridgehead atoms. The van der Waals surface area contributed by atoms with E-state index in [1.165, 1.54) is 0 Å². The van der Waals surface area contributed by atoms with Crippen molar-refractivity contribution >= 4 is 9.84 Å². The highest BCUT2D eigenvalue weighted by Gasteiger charge is 2.48. The van der Waals surface area contributed by atoms with Gasteiger partial charge in [-0.25, -0.2) is 8.42 Å². The molecule has 0 amide bonds. The summed E-state index contributed by atoms with van der Waals surface area (Å²) in [6.07, 6.45) is 2.46. The van der Waals surface area contributed by atoms with Crippen molar-refractivity contribution < 1.29 is 13.2 Å². The number of sulfone groups is 1. The molecule has 0 aromatic heterocycles. The van der Waals surface area contributed by atoms with Gasteiger partial charge in [0.05, 0.1) is 16.8 Å². The zero-order valence-corrected chi connectivity index (χ0v) is 11.6. The molecule has 1 saturated carbocycles. The number of rotatable bonds is 5. The smallest absolute Gasteiger partial charge is 0.185 e. The van der Waals surface area contributed by atoms with Crippen molar-refractivity contribution in [2.24, 2.45) is 0 Å². The zero-order valence-electron chi connectivity index (χ0n) is 10.8. The summed E-state index contributed by atoms with van der Waals surface area (Å²) >= 11 is 0. The molecule has 0 aliphatic heterocycles. The third-order valence-electron chi connectivity index (χ3n) is 3.70. The average molecular weight is 269 g/mol. The van der Waals surface area contributed by atoms with Crippen molar-refractivity contribution in [1.82, 2.24) is 5.32 Å². The molecular weight excluding hydrogens is 250 g/mol. The van der Waals surface area contributed by atoms with Gasteiger partial charge in [-0.05, 0) is 44.2 Å². The Kier molecular flexibility index (Phi) is 3.64. The number of hydrogen-bond donors (Lipinski definition) is 1. The van der Waals surface area contributed by atoms with Gasteiger partial charge >= 0.3 is 0 Å². The maximum Gasteiger partial charge on any atom is 0.185 e. The average Bonchev–Trinajstić information content (AvgIpc) is 2.33. The van der Waals surface area contributed by atoms with Gasteiger partial charge in [0.25, 0.3) is 0 Å². The Hall–Kier alpha value is -1.07. The number of benzene rings is 1. The highest BCUT2D eigenvalue weighted by atomic mass is 32.2. The maximum atomic E-state index is 12.6. The molecule has 0 atom stereocenters. The molecule has 1 aromatic carbocycles. The van der Waals surface area contributed by atoms with Gasteiger partial charge in [0.2, 0.25) is 0 Å². The summed E-state index contributed by atoms with van der Waals surface area (Å²) in [5, 5.41) is 3.01. The molecule has 4 nitrogen and oxygen atoms in total. The lowest BCUT2D eigenvalue weighted by Gasteiger charge is -2.40. The third-order valence-corrected chi connectivity index (χ3v) is 6.29. The summed E-state index contributed by atoms with van der Waals surface area (Å²) in [5.74, 6) is 0.672. The van der Waals surface area contributed by atoms with Crippen molar-refractivity contribution in [1.29, 1.82) is 0 Å². The molecule has 1 aliphatic rings. The summed E-state index contributed by atoms with van der Waals surface area (Å²) < 4.78 is 29.7. The highest BCUT2D eigenvalue weighted by Crippen LogP contribution is 2.42. The van der Waals surface area contributed by atoms with Gasteiger partial charge in [-0.2, -0.15) is 0 Å². The predicted octanol–water partition coefficient (Wildman–Crippen LogP) is 1.61. The minimum Gasteiger partial charge on any atom is -0.497 e. The second kappa shape index (κ2) is 4.90. The summed E-state index contributed by atoms with van der Waals surface area (Å²) in [4.78, 5) is 0.387. The fourth-order valence-corrected chi connectivity index (χ4v) is 4.59. The van der Waals surface area contributed by atoms with E-state index in [1.54, 1.807) is 38.4 Å². The van der Waals surface area contributed by atoms with Crippen LogP contribution < -0.4 is 10.1 Å². The molecular formula is C13H19NO3S. The molecule has 0 unspecified atom stereocenters. The van der Waals surface area contributed by atoms with Gasteiger partial charge in [0, 0.05) is 6.54 Å². The lowest BCUT2D eigenvalue weighted by Crippen LogP contribution is -2.51. The van der Waals surface area contributed by atoms with Crippen LogP contribution in [-0.4, -0.2) is 33.9 Å².